The Hall–Kier alpha value is -1.95. The van der Waals surface area contributed by atoms with E-state index in [2.05, 4.69) is 5.32 Å². The summed E-state index contributed by atoms with van der Waals surface area (Å²) in [5.74, 6) is -0.428. The zero-order valence-electron chi connectivity index (χ0n) is 10.4. The highest BCUT2D eigenvalue weighted by Gasteiger charge is 2.16. The molecule has 0 aliphatic heterocycles. The lowest BCUT2D eigenvalue weighted by Gasteiger charge is -2.16. The molecule has 0 bridgehead atoms. The molecule has 98 valence electrons. The van der Waals surface area contributed by atoms with E-state index in [9.17, 15) is 14.9 Å². The summed E-state index contributed by atoms with van der Waals surface area (Å²) in [6.45, 7) is 3.78. The average molecular weight is 251 g/mol. The lowest BCUT2D eigenvalue weighted by molar-refractivity contribution is -0.384. The second kappa shape index (κ2) is 6.11. The molecule has 0 aliphatic carbocycles. The Balaban J connectivity index is 2.78. The van der Waals surface area contributed by atoms with Crippen molar-refractivity contribution in [3.05, 3.63) is 39.9 Å². The van der Waals surface area contributed by atoms with Gasteiger partial charge < -0.3 is 11.1 Å². The third kappa shape index (κ3) is 3.53. The Bertz CT molecular complexity index is 448. The van der Waals surface area contributed by atoms with E-state index >= 15 is 0 Å². The number of nitro groups is 1. The fourth-order valence-electron chi connectivity index (χ4n) is 1.45. The van der Waals surface area contributed by atoms with Crippen LogP contribution in [0.25, 0.3) is 0 Å². The van der Waals surface area contributed by atoms with Gasteiger partial charge in [-0.3, -0.25) is 14.9 Å². The topological polar surface area (TPSA) is 98.3 Å². The quantitative estimate of drug-likeness (QED) is 0.609. The van der Waals surface area contributed by atoms with E-state index in [0.29, 0.717) is 5.56 Å². The van der Waals surface area contributed by atoms with Crippen LogP contribution >= 0.6 is 0 Å². The molecular formula is C12H17N3O3. The number of hydrogen-bond acceptors (Lipinski definition) is 4. The van der Waals surface area contributed by atoms with Gasteiger partial charge in [0, 0.05) is 24.6 Å². The summed E-state index contributed by atoms with van der Waals surface area (Å²) in [6, 6.07) is 5.93. The maximum atomic E-state index is 11.7. The van der Waals surface area contributed by atoms with Gasteiger partial charge in [-0.05, 0) is 12.5 Å². The van der Waals surface area contributed by atoms with E-state index in [-0.39, 0.29) is 30.1 Å². The van der Waals surface area contributed by atoms with Gasteiger partial charge in [-0.25, -0.2) is 0 Å². The molecular weight excluding hydrogens is 234 g/mol. The minimum absolute atomic E-state index is 0.0143. The smallest absolute Gasteiger partial charge is 0.269 e. The van der Waals surface area contributed by atoms with Gasteiger partial charge in [0.05, 0.1) is 11.0 Å². The van der Waals surface area contributed by atoms with Crippen LogP contribution in [0.4, 0.5) is 5.69 Å². The molecule has 18 heavy (non-hydrogen) atoms. The monoisotopic (exact) mass is 251 g/mol. The fourth-order valence-corrected chi connectivity index (χ4v) is 1.45. The van der Waals surface area contributed by atoms with E-state index in [0.717, 1.165) is 0 Å². The van der Waals surface area contributed by atoms with Crippen molar-refractivity contribution in [3.8, 4) is 0 Å². The normalized spacial score (nSPS) is 13.7. The maximum absolute atomic E-state index is 11.7. The summed E-state index contributed by atoms with van der Waals surface area (Å²) in [5.41, 5.74) is 6.11. The molecule has 0 saturated carbocycles. The number of benzene rings is 1. The van der Waals surface area contributed by atoms with Crippen LogP contribution in [0.3, 0.4) is 0 Å². The Morgan fingerprint density at radius 1 is 1.50 bits per heavy atom. The average Bonchev–Trinajstić information content (AvgIpc) is 2.37. The number of nitrogens with one attached hydrogen (secondary N) is 1. The summed E-state index contributed by atoms with van der Waals surface area (Å²) in [5, 5.41) is 13.4. The van der Waals surface area contributed by atoms with Crippen LogP contribution < -0.4 is 11.1 Å². The molecule has 0 radical (unpaired) electrons. The summed E-state index contributed by atoms with van der Waals surface area (Å²) in [7, 11) is 0. The SMILES string of the molecule is CC(CN)C(=O)NC(C)c1cccc([N+](=O)[O-])c1. The molecule has 0 heterocycles. The molecule has 1 aromatic rings. The number of nitrogens with zero attached hydrogens (tertiary/aromatic N) is 1. The minimum Gasteiger partial charge on any atom is -0.349 e. The molecule has 2 atom stereocenters. The molecule has 0 fully saturated rings. The van der Waals surface area contributed by atoms with Crippen LogP contribution in [0.1, 0.15) is 25.5 Å². The van der Waals surface area contributed by atoms with Gasteiger partial charge in [-0.1, -0.05) is 19.1 Å². The molecule has 0 aliphatic rings. The summed E-state index contributed by atoms with van der Waals surface area (Å²) in [4.78, 5) is 21.8. The molecule has 6 heteroatoms. The van der Waals surface area contributed by atoms with Crippen molar-refractivity contribution in [3.63, 3.8) is 0 Å². The molecule has 0 saturated heterocycles. The first-order chi connectivity index (χ1) is 8.45. The molecule has 3 N–H and O–H groups in total. The number of hydrogen-bond donors (Lipinski definition) is 2. The van der Waals surface area contributed by atoms with Gasteiger partial charge in [0.1, 0.15) is 0 Å². The van der Waals surface area contributed by atoms with E-state index in [1.54, 1.807) is 26.0 Å². The van der Waals surface area contributed by atoms with E-state index in [1.165, 1.54) is 12.1 Å². The van der Waals surface area contributed by atoms with Gasteiger partial charge in [0.2, 0.25) is 5.91 Å². The maximum Gasteiger partial charge on any atom is 0.269 e. The molecule has 0 spiro atoms. The molecule has 1 amide bonds. The highest BCUT2D eigenvalue weighted by molar-refractivity contribution is 5.78. The Morgan fingerprint density at radius 2 is 2.17 bits per heavy atom. The number of carbonyl (C=O) groups excluding carboxylic acids is 1. The Morgan fingerprint density at radius 3 is 2.72 bits per heavy atom. The Labute approximate surface area is 105 Å². The number of carbonyl (C=O) groups is 1. The van der Waals surface area contributed by atoms with Crippen LogP contribution in [0, 0.1) is 16.0 Å². The van der Waals surface area contributed by atoms with Crippen molar-refractivity contribution < 1.29 is 9.72 Å². The van der Waals surface area contributed by atoms with E-state index < -0.39 is 4.92 Å². The van der Waals surface area contributed by atoms with Crippen LogP contribution in [0.5, 0.6) is 0 Å². The van der Waals surface area contributed by atoms with Gasteiger partial charge in [0.25, 0.3) is 5.69 Å². The first-order valence-corrected chi connectivity index (χ1v) is 5.70. The minimum atomic E-state index is -0.458. The first kappa shape index (κ1) is 14.1. The second-order valence-corrected chi connectivity index (χ2v) is 4.22. The summed E-state index contributed by atoms with van der Waals surface area (Å²) >= 11 is 0. The van der Waals surface area contributed by atoms with Crippen LogP contribution in [-0.4, -0.2) is 17.4 Å². The van der Waals surface area contributed by atoms with E-state index in [1.807, 2.05) is 0 Å². The Kier molecular flexibility index (Phi) is 4.79. The van der Waals surface area contributed by atoms with Crippen molar-refractivity contribution in [2.24, 2.45) is 11.7 Å². The third-order valence-electron chi connectivity index (χ3n) is 2.74. The van der Waals surface area contributed by atoms with Gasteiger partial charge in [-0.15, -0.1) is 0 Å². The van der Waals surface area contributed by atoms with Crippen molar-refractivity contribution in [2.75, 3.05) is 6.54 Å². The lowest BCUT2D eigenvalue weighted by atomic mass is 10.1. The molecule has 1 aromatic carbocycles. The zero-order chi connectivity index (χ0) is 13.7. The number of amides is 1. The summed E-state index contributed by atoms with van der Waals surface area (Å²) < 4.78 is 0. The highest BCUT2D eigenvalue weighted by atomic mass is 16.6. The number of non-ortho nitro benzene ring substituents is 1. The molecule has 6 nitrogen and oxygen atoms in total. The summed E-state index contributed by atoms with van der Waals surface area (Å²) in [6.07, 6.45) is 0. The van der Waals surface area contributed by atoms with Crippen molar-refractivity contribution in [1.82, 2.24) is 5.32 Å². The molecule has 1 rings (SSSR count). The highest BCUT2D eigenvalue weighted by Crippen LogP contribution is 2.19. The predicted molar refractivity (Wildman–Crippen MR) is 67.9 cm³/mol. The number of nitro benzene ring substituents is 1. The number of rotatable bonds is 5. The molecule has 0 aromatic heterocycles. The van der Waals surface area contributed by atoms with Crippen LogP contribution in [-0.2, 0) is 4.79 Å². The predicted octanol–water partition coefficient (Wildman–Crippen LogP) is 1.37. The van der Waals surface area contributed by atoms with Crippen LogP contribution in [0.2, 0.25) is 0 Å². The largest absolute Gasteiger partial charge is 0.349 e. The van der Waals surface area contributed by atoms with Gasteiger partial charge in [-0.2, -0.15) is 0 Å². The standard InChI is InChI=1S/C12H17N3O3/c1-8(7-13)12(16)14-9(2)10-4-3-5-11(6-10)15(17)18/h3-6,8-9H,7,13H2,1-2H3,(H,14,16). The van der Waals surface area contributed by atoms with Crippen molar-refractivity contribution in [1.29, 1.82) is 0 Å². The molecule has 2 unspecified atom stereocenters. The van der Waals surface area contributed by atoms with Crippen LogP contribution in [0.15, 0.2) is 24.3 Å². The fraction of sp³-hybridized carbons (Fsp3) is 0.417. The lowest BCUT2D eigenvalue weighted by Crippen LogP contribution is -2.34. The van der Waals surface area contributed by atoms with Crippen molar-refractivity contribution in [2.45, 2.75) is 19.9 Å². The first-order valence-electron chi connectivity index (χ1n) is 5.70. The second-order valence-electron chi connectivity index (χ2n) is 4.22. The van der Waals surface area contributed by atoms with Gasteiger partial charge >= 0.3 is 0 Å². The number of nitrogens with two attached hydrogens (primary N) is 1. The third-order valence-corrected chi connectivity index (χ3v) is 2.74. The van der Waals surface area contributed by atoms with Crippen molar-refractivity contribution >= 4 is 11.6 Å². The van der Waals surface area contributed by atoms with Gasteiger partial charge in [0.15, 0.2) is 0 Å². The zero-order valence-corrected chi connectivity index (χ0v) is 10.4. The van der Waals surface area contributed by atoms with E-state index in [4.69, 9.17) is 5.73 Å².